The first kappa shape index (κ1) is 13.9. The summed E-state index contributed by atoms with van der Waals surface area (Å²) in [7, 11) is 0. The summed E-state index contributed by atoms with van der Waals surface area (Å²) in [5.41, 5.74) is 5.70. The number of anilines is 1. The lowest BCUT2D eigenvalue weighted by molar-refractivity contribution is -0.146. The largest absolute Gasteiger partial charge is 0.481 e. The number of benzene rings is 1. The zero-order chi connectivity index (χ0) is 14.2. The van der Waals surface area contributed by atoms with Crippen LogP contribution in [-0.4, -0.2) is 30.1 Å². The Bertz CT molecular complexity index is 547. The minimum Gasteiger partial charge on any atom is -0.481 e. The number of hydrogen-bond donors (Lipinski definition) is 2. The second-order valence-electron chi connectivity index (χ2n) is 5.06. The van der Waals surface area contributed by atoms with Crippen molar-refractivity contribution in [3.63, 3.8) is 0 Å². The number of amides is 1. The van der Waals surface area contributed by atoms with Crippen molar-refractivity contribution < 1.29 is 14.7 Å². The van der Waals surface area contributed by atoms with Gasteiger partial charge in [-0.05, 0) is 31.5 Å². The summed E-state index contributed by atoms with van der Waals surface area (Å²) >= 11 is 3.30. The molecule has 1 atom stereocenters. The summed E-state index contributed by atoms with van der Waals surface area (Å²) in [6.45, 7) is 2.70. The van der Waals surface area contributed by atoms with Gasteiger partial charge >= 0.3 is 5.97 Å². The zero-order valence-corrected chi connectivity index (χ0v) is 12.1. The first-order valence-corrected chi connectivity index (χ1v) is 6.70. The Kier molecular flexibility index (Phi) is 3.54. The van der Waals surface area contributed by atoms with Crippen LogP contribution < -0.4 is 10.6 Å². The van der Waals surface area contributed by atoms with Crippen LogP contribution in [0.15, 0.2) is 22.7 Å². The molecule has 0 saturated carbocycles. The van der Waals surface area contributed by atoms with E-state index in [-0.39, 0.29) is 0 Å². The third-order valence-electron chi connectivity index (χ3n) is 3.55. The molecule has 0 radical (unpaired) electrons. The molecule has 1 amide bonds. The summed E-state index contributed by atoms with van der Waals surface area (Å²) < 4.78 is 0.769. The predicted molar refractivity (Wildman–Crippen MR) is 75.2 cm³/mol. The molecule has 0 bridgehead atoms. The zero-order valence-electron chi connectivity index (χ0n) is 10.5. The van der Waals surface area contributed by atoms with Gasteiger partial charge in [-0.25, -0.2) is 0 Å². The van der Waals surface area contributed by atoms with Gasteiger partial charge in [-0.1, -0.05) is 15.9 Å². The Balaban J connectivity index is 2.34. The van der Waals surface area contributed by atoms with Crippen LogP contribution in [0, 0.1) is 5.41 Å². The van der Waals surface area contributed by atoms with E-state index in [1.54, 1.807) is 19.1 Å². The normalized spacial score (nSPS) is 22.5. The van der Waals surface area contributed by atoms with Gasteiger partial charge in [0.2, 0.25) is 0 Å². The highest BCUT2D eigenvalue weighted by atomic mass is 79.9. The smallest absolute Gasteiger partial charge is 0.311 e. The maximum Gasteiger partial charge on any atom is 0.311 e. The molecule has 5 nitrogen and oxygen atoms in total. The van der Waals surface area contributed by atoms with Crippen LogP contribution in [0.4, 0.5) is 5.69 Å². The third kappa shape index (κ3) is 2.58. The van der Waals surface area contributed by atoms with Gasteiger partial charge in [0.15, 0.2) is 0 Å². The maximum absolute atomic E-state index is 11.5. The van der Waals surface area contributed by atoms with Crippen molar-refractivity contribution in [1.82, 2.24) is 0 Å². The summed E-state index contributed by atoms with van der Waals surface area (Å²) in [6, 6.07) is 5.27. The van der Waals surface area contributed by atoms with Crippen molar-refractivity contribution in [3.8, 4) is 0 Å². The van der Waals surface area contributed by atoms with E-state index in [1.165, 1.54) is 0 Å². The summed E-state index contributed by atoms with van der Waals surface area (Å²) in [5, 5.41) is 9.23. The van der Waals surface area contributed by atoms with Crippen molar-refractivity contribution >= 4 is 33.5 Å². The van der Waals surface area contributed by atoms with Crippen LogP contribution in [-0.2, 0) is 4.79 Å². The second-order valence-corrected chi connectivity index (χ2v) is 5.98. The van der Waals surface area contributed by atoms with E-state index in [4.69, 9.17) is 5.73 Å². The number of hydrogen-bond acceptors (Lipinski definition) is 3. The molecule has 1 fully saturated rings. The fourth-order valence-electron chi connectivity index (χ4n) is 2.32. The van der Waals surface area contributed by atoms with Gasteiger partial charge in [0.25, 0.3) is 5.91 Å². The second kappa shape index (κ2) is 4.85. The third-order valence-corrected chi connectivity index (χ3v) is 4.05. The van der Waals surface area contributed by atoms with E-state index >= 15 is 0 Å². The molecule has 1 saturated heterocycles. The molecule has 1 aromatic carbocycles. The molecule has 6 heteroatoms. The average Bonchev–Trinajstić information content (AvgIpc) is 2.73. The minimum atomic E-state index is -0.812. The molecule has 1 aliphatic heterocycles. The van der Waals surface area contributed by atoms with Gasteiger partial charge in [-0.15, -0.1) is 0 Å². The number of carbonyl (C=O) groups excluding carboxylic acids is 1. The predicted octanol–water partition coefficient (Wildman–Crippen LogP) is 1.85. The van der Waals surface area contributed by atoms with Crippen LogP contribution >= 0.6 is 15.9 Å². The lowest BCUT2D eigenvalue weighted by atomic mass is 9.90. The van der Waals surface area contributed by atoms with Crippen LogP contribution in [0.2, 0.25) is 0 Å². The van der Waals surface area contributed by atoms with Crippen LogP contribution in [0.1, 0.15) is 23.7 Å². The van der Waals surface area contributed by atoms with Crippen molar-refractivity contribution in [2.75, 3.05) is 18.0 Å². The van der Waals surface area contributed by atoms with Gasteiger partial charge in [0.05, 0.1) is 11.0 Å². The highest BCUT2D eigenvalue weighted by Gasteiger charge is 2.41. The topological polar surface area (TPSA) is 83.6 Å². The fourth-order valence-corrected chi connectivity index (χ4v) is 2.68. The standard InChI is InChI=1S/C13H15BrN2O3/c1-13(12(18)19)4-5-16(7-13)10-3-2-8(14)6-9(10)11(15)17/h2-3,6H,4-5,7H2,1H3,(H2,15,17)(H,18,19). The number of nitrogens with two attached hydrogens (primary N) is 1. The summed E-state index contributed by atoms with van der Waals surface area (Å²) in [4.78, 5) is 24.6. The first-order valence-electron chi connectivity index (χ1n) is 5.91. The number of primary amides is 1. The quantitative estimate of drug-likeness (QED) is 0.887. The Morgan fingerprint density at radius 3 is 2.68 bits per heavy atom. The van der Waals surface area contributed by atoms with E-state index in [9.17, 15) is 14.7 Å². The van der Waals surface area contributed by atoms with Gasteiger partial charge in [-0.3, -0.25) is 9.59 Å². The number of aliphatic carboxylic acids is 1. The van der Waals surface area contributed by atoms with Crippen LogP contribution in [0.3, 0.4) is 0 Å². The SMILES string of the molecule is CC1(C(=O)O)CCN(c2ccc(Br)cc2C(N)=O)C1. The van der Waals surface area contributed by atoms with Gasteiger partial charge in [0, 0.05) is 23.2 Å². The molecule has 1 aliphatic rings. The first-order chi connectivity index (χ1) is 8.83. The molecule has 0 aliphatic carbocycles. The van der Waals surface area contributed by atoms with Gasteiger partial charge in [-0.2, -0.15) is 0 Å². The maximum atomic E-state index is 11.5. The lowest BCUT2D eigenvalue weighted by Crippen LogP contribution is -2.32. The van der Waals surface area contributed by atoms with Crippen LogP contribution in [0.5, 0.6) is 0 Å². The number of rotatable bonds is 3. The highest BCUT2D eigenvalue weighted by Crippen LogP contribution is 2.35. The van der Waals surface area contributed by atoms with E-state index in [2.05, 4.69) is 15.9 Å². The van der Waals surface area contributed by atoms with Crippen molar-refractivity contribution in [1.29, 1.82) is 0 Å². The molecule has 2 rings (SSSR count). The van der Waals surface area contributed by atoms with Crippen molar-refractivity contribution in [2.45, 2.75) is 13.3 Å². The lowest BCUT2D eigenvalue weighted by Gasteiger charge is -2.23. The van der Waals surface area contributed by atoms with E-state index in [0.717, 1.165) is 4.47 Å². The van der Waals surface area contributed by atoms with E-state index in [0.29, 0.717) is 30.8 Å². The molecule has 0 spiro atoms. The van der Waals surface area contributed by atoms with Gasteiger partial charge < -0.3 is 15.7 Å². The molecular weight excluding hydrogens is 312 g/mol. The highest BCUT2D eigenvalue weighted by molar-refractivity contribution is 9.10. The number of carbonyl (C=O) groups is 2. The molecule has 19 heavy (non-hydrogen) atoms. The monoisotopic (exact) mass is 326 g/mol. The van der Waals surface area contributed by atoms with E-state index < -0.39 is 17.3 Å². The minimum absolute atomic E-state index is 0.379. The molecule has 102 valence electrons. The van der Waals surface area contributed by atoms with E-state index in [1.807, 2.05) is 11.0 Å². The molecule has 3 N–H and O–H groups in total. The number of halogens is 1. The molecule has 1 unspecified atom stereocenters. The number of nitrogens with zero attached hydrogens (tertiary/aromatic N) is 1. The van der Waals surface area contributed by atoms with Gasteiger partial charge in [0.1, 0.15) is 0 Å². The number of carboxylic acids is 1. The number of carboxylic acid groups (broad SMARTS) is 1. The molecule has 1 aromatic rings. The Labute approximate surface area is 119 Å². The van der Waals surface area contributed by atoms with Crippen LogP contribution in [0.25, 0.3) is 0 Å². The van der Waals surface area contributed by atoms with Crippen molar-refractivity contribution in [3.05, 3.63) is 28.2 Å². The molecule has 1 heterocycles. The Morgan fingerprint density at radius 1 is 1.47 bits per heavy atom. The Morgan fingerprint density at radius 2 is 2.16 bits per heavy atom. The van der Waals surface area contributed by atoms with Crippen molar-refractivity contribution in [2.24, 2.45) is 11.1 Å². The summed E-state index contributed by atoms with van der Waals surface area (Å²) in [5.74, 6) is -1.33. The summed E-state index contributed by atoms with van der Waals surface area (Å²) in [6.07, 6.45) is 0.552. The Hall–Kier alpha value is -1.56. The molecular formula is C13H15BrN2O3. The molecule has 0 aromatic heterocycles. The average molecular weight is 327 g/mol. The fraction of sp³-hybridized carbons (Fsp3) is 0.385.